The molecular formula is C92H114N4O16. The third-order valence-corrected chi connectivity index (χ3v) is 19.0. The van der Waals surface area contributed by atoms with Crippen LogP contribution in [0.2, 0.25) is 0 Å². The van der Waals surface area contributed by atoms with E-state index in [-0.39, 0.29) is 37.2 Å². The van der Waals surface area contributed by atoms with Gasteiger partial charge in [0.15, 0.2) is 0 Å². The van der Waals surface area contributed by atoms with Crippen molar-refractivity contribution in [3.05, 3.63) is 160 Å². The molecule has 2 aliphatic heterocycles. The van der Waals surface area contributed by atoms with Crippen molar-refractivity contribution in [1.82, 2.24) is 19.9 Å². The van der Waals surface area contributed by atoms with Gasteiger partial charge in [0.25, 0.3) is 0 Å². The van der Waals surface area contributed by atoms with Gasteiger partial charge < -0.3 is 66.8 Å². The molecule has 0 spiro atoms. The van der Waals surface area contributed by atoms with Crippen LogP contribution in [0.4, 0.5) is 0 Å². The second-order valence-electron chi connectivity index (χ2n) is 28.2. The van der Waals surface area contributed by atoms with Gasteiger partial charge >= 0.3 is 23.9 Å². The first-order chi connectivity index (χ1) is 54.4. The maximum absolute atomic E-state index is 14.4. The lowest BCUT2D eigenvalue weighted by atomic mass is 10.00. The molecule has 20 heteroatoms. The van der Waals surface area contributed by atoms with Gasteiger partial charge in [0, 0.05) is 118 Å². The highest BCUT2D eigenvalue weighted by Crippen LogP contribution is 2.40. The molecule has 7 aromatic rings. The number of aryl methyl sites for hydroxylation is 3. The summed E-state index contributed by atoms with van der Waals surface area (Å²) in [4.78, 5) is 75.3. The van der Waals surface area contributed by atoms with E-state index in [1.54, 1.807) is 66.7 Å². The number of aromatic amines is 2. The summed E-state index contributed by atoms with van der Waals surface area (Å²) in [5, 5.41) is 0. The molecule has 5 heterocycles. The number of esters is 4. The van der Waals surface area contributed by atoms with Gasteiger partial charge in [-0.25, -0.2) is 19.6 Å². The van der Waals surface area contributed by atoms with Crippen molar-refractivity contribution in [3.8, 4) is 69.0 Å². The summed E-state index contributed by atoms with van der Waals surface area (Å²) in [6, 6.07) is 28.6. The second-order valence-corrected chi connectivity index (χ2v) is 28.2. The first-order valence-corrected chi connectivity index (χ1v) is 40.4. The second kappa shape index (κ2) is 44.3. The highest BCUT2D eigenvalue weighted by atomic mass is 16.6. The first kappa shape index (κ1) is 85.2. The number of fused-ring (bicyclic) bond motifs is 8. The highest BCUT2D eigenvalue weighted by Gasteiger charge is 2.24. The van der Waals surface area contributed by atoms with Gasteiger partial charge in [-0.3, -0.25) is 9.59 Å². The minimum Gasteiger partial charge on any atom is -0.493 e. The monoisotopic (exact) mass is 1530 g/mol. The number of allylic oxidation sites excluding steroid dienone is 5. The number of aromatic nitrogens is 4. The SMILES string of the molecule is CCCCOc1cc(OCCCC)cc(OC(=O)/C=C/C2=C(C)c3cc4[nH]c(cc5nc(cc6[nH]c(cc2n3)c(C)c6/C=C/C(=O)Oc2cc(OCCCC)cc(OCCCC)c2)C(C)=C5CCC(=O)Oc2cc(OCCCC)cc(OCCCC)c2)c(CCC(=O)Oc2cc(OCCCC)cc(OCCCC)c2)c4C)c1. The number of hydrogen-bond donors (Lipinski definition) is 2. The minimum absolute atomic E-state index is 0.0268. The summed E-state index contributed by atoms with van der Waals surface area (Å²) in [5.41, 5.74) is 10.7. The standard InChI is InChI=1S/C92H114N4O16/c1-13-21-37-101-65-45-66(102-38-22-14-2)50-73(49-65)109-89(97)33-29-77-61(9)81-57-82-62(10)79(31-35-91(99)111-75-53-69(105-41-25-17-5)47-70(54-75)106-42-26-18-6)87(94-82)60-88-80(32-36-92(100)112-76-55-71(107-43-27-19-7)48-72(56-76)108-44-28-20-8)64(12)84(96-88)59-86-78(63(11)83(95-86)58-85(77)93-81)30-34-90(98)110-74-51-67(103-39-23-15-3)46-68(52-74)104-40-24-16-4/h29-30,33-34,45-60,94-95H,13-28,31-32,35-44H2,1-12H3/b33-29+,34-30+,81-57?,82-57?,83-58?,84-59?,85-58?,86-59?,87-60?,88-60?. The molecule has 8 bridgehead atoms. The molecule has 2 N–H and O–H groups in total. The molecule has 2 aliphatic rings. The fourth-order valence-electron chi connectivity index (χ4n) is 12.4. The lowest BCUT2D eigenvalue weighted by Gasteiger charge is -2.13. The number of nitrogens with one attached hydrogen (secondary N) is 2. The van der Waals surface area contributed by atoms with Gasteiger partial charge in [0.2, 0.25) is 0 Å². The Morgan fingerprint density at radius 3 is 1.02 bits per heavy atom. The van der Waals surface area contributed by atoms with E-state index in [9.17, 15) is 19.2 Å². The summed E-state index contributed by atoms with van der Waals surface area (Å²) in [6.07, 6.45) is 20.9. The van der Waals surface area contributed by atoms with Crippen LogP contribution in [-0.2, 0) is 25.6 Å². The Morgan fingerprint density at radius 1 is 0.321 bits per heavy atom. The van der Waals surface area contributed by atoms with E-state index < -0.39 is 23.9 Å². The van der Waals surface area contributed by atoms with Crippen LogP contribution in [0.5, 0.6) is 69.0 Å². The Morgan fingerprint density at radius 2 is 0.625 bits per heavy atom. The van der Waals surface area contributed by atoms with E-state index in [0.29, 0.717) is 166 Å². The van der Waals surface area contributed by atoms with E-state index in [1.807, 2.05) is 70.2 Å². The van der Waals surface area contributed by atoms with Crippen molar-refractivity contribution in [2.75, 3.05) is 52.9 Å². The molecule has 0 radical (unpaired) electrons. The van der Waals surface area contributed by atoms with E-state index in [4.69, 9.17) is 66.8 Å². The van der Waals surface area contributed by atoms with Crippen molar-refractivity contribution in [2.45, 2.75) is 212 Å². The Hall–Kier alpha value is -10.8. The van der Waals surface area contributed by atoms with Crippen molar-refractivity contribution in [3.63, 3.8) is 0 Å². The molecule has 20 nitrogen and oxygen atoms in total. The maximum Gasteiger partial charge on any atom is 0.336 e. The fraction of sp³-hybridized carbons (Fsp3) is 0.435. The largest absolute Gasteiger partial charge is 0.493 e. The van der Waals surface area contributed by atoms with E-state index in [2.05, 4.69) is 65.4 Å². The smallest absolute Gasteiger partial charge is 0.336 e. The van der Waals surface area contributed by atoms with Crippen molar-refractivity contribution < 1.29 is 76.0 Å². The van der Waals surface area contributed by atoms with Crippen LogP contribution in [0, 0.1) is 13.8 Å². The Labute approximate surface area is 660 Å². The van der Waals surface area contributed by atoms with E-state index >= 15 is 0 Å². The van der Waals surface area contributed by atoms with Crippen LogP contribution >= 0.6 is 0 Å². The van der Waals surface area contributed by atoms with Gasteiger partial charge in [-0.15, -0.1) is 0 Å². The zero-order chi connectivity index (χ0) is 79.7. The number of benzene rings is 4. The molecule has 4 aromatic carbocycles. The lowest BCUT2D eigenvalue weighted by molar-refractivity contribution is -0.135. The van der Waals surface area contributed by atoms with Crippen LogP contribution < -0.4 is 56.8 Å². The molecule has 0 amide bonds. The highest BCUT2D eigenvalue weighted by molar-refractivity contribution is 6.01. The van der Waals surface area contributed by atoms with Crippen LogP contribution in [0.25, 0.3) is 50.4 Å². The van der Waals surface area contributed by atoms with Crippen LogP contribution in [0.3, 0.4) is 0 Å². The average Bonchev–Trinajstić information content (AvgIpc) is 1.62. The van der Waals surface area contributed by atoms with Crippen LogP contribution in [-0.4, -0.2) is 96.7 Å². The summed E-state index contributed by atoms with van der Waals surface area (Å²) >= 11 is 0. The van der Waals surface area contributed by atoms with Gasteiger partial charge in [0.1, 0.15) is 69.0 Å². The third kappa shape index (κ3) is 25.6. The summed E-state index contributed by atoms with van der Waals surface area (Å²) in [6.45, 7) is 28.5. The first-order valence-electron chi connectivity index (χ1n) is 40.4. The molecular weight excluding hydrogens is 1420 g/mol. The van der Waals surface area contributed by atoms with E-state index in [1.165, 1.54) is 12.2 Å². The zero-order valence-corrected chi connectivity index (χ0v) is 67.8. The molecule has 598 valence electrons. The van der Waals surface area contributed by atoms with Gasteiger partial charge in [-0.1, -0.05) is 107 Å². The summed E-state index contributed by atoms with van der Waals surface area (Å²) < 4.78 is 73.2. The van der Waals surface area contributed by atoms with Crippen molar-refractivity contribution in [1.29, 1.82) is 0 Å². The minimum atomic E-state index is -0.651. The number of unbranched alkanes of at least 4 members (excludes halogenated alkanes) is 8. The number of hydrogen-bond acceptors (Lipinski definition) is 18. The Balaban J connectivity index is 1.18. The number of carbonyl (C=O) groups is 4. The normalized spacial score (nSPS) is 12.0. The van der Waals surface area contributed by atoms with Crippen molar-refractivity contribution in [2.24, 2.45) is 0 Å². The number of rotatable bonds is 46. The topological polar surface area (TPSA) is 236 Å². The quantitative estimate of drug-likeness (QED) is 0.0156. The summed E-state index contributed by atoms with van der Waals surface area (Å²) in [5.74, 6) is 3.13. The van der Waals surface area contributed by atoms with Gasteiger partial charge in [-0.05, 0) is 162 Å². The van der Waals surface area contributed by atoms with Crippen LogP contribution in [0.1, 0.15) is 236 Å². The molecule has 9 rings (SSSR count). The molecule has 3 aromatic heterocycles. The average molecular weight is 1530 g/mol. The maximum atomic E-state index is 14.4. The van der Waals surface area contributed by atoms with E-state index in [0.717, 1.165) is 136 Å². The number of H-pyrrole nitrogens is 2. The lowest BCUT2D eigenvalue weighted by Crippen LogP contribution is -2.10. The molecule has 0 saturated heterocycles. The number of nitrogens with zero attached hydrogens (tertiary/aromatic N) is 2. The number of ether oxygens (including phenoxy) is 12. The number of carbonyl (C=O) groups excluding carboxylic acids is 4. The predicted octanol–water partition coefficient (Wildman–Crippen LogP) is 21.9. The van der Waals surface area contributed by atoms with Gasteiger partial charge in [0.05, 0.1) is 88.5 Å². The van der Waals surface area contributed by atoms with Crippen LogP contribution in [0.15, 0.2) is 115 Å². The fourth-order valence-corrected chi connectivity index (χ4v) is 12.4. The molecule has 0 saturated carbocycles. The third-order valence-electron chi connectivity index (χ3n) is 19.0. The van der Waals surface area contributed by atoms with Gasteiger partial charge in [-0.2, -0.15) is 0 Å². The Kier molecular flexibility index (Phi) is 33.7. The molecule has 0 aliphatic carbocycles. The zero-order valence-electron chi connectivity index (χ0n) is 67.8. The molecule has 0 atom stereocenters. The predicted molar refractivity (Wildman–Crippen MR) is 443 cm³/mol. The molecule has 112 heavy (non-hydrogen) atoms. The molecule has 0 unspecified atom stereocenters. The van der Waals surface area contributed by atoms with Crippen molar-refractivity contribution >= 4 is 74.3 Å². The Bertz CT molecular complexity index is 4540. The summed E-state index contributed by atoms with van der Waals surface area (Å²) in [7, 11) is 0. The molecule has 0 fully saturated rings.